The van der Waals surface area contributed by atoms with Gasteiger partial charge in [0.2, 0.25) is 0 Å². The molecule has 0 bridgehead atoms. The van der Waals surface area contributed by atoms with Crippen LogP contribution >= 0.6 is 0 Å². The van der Waals surface area contributed by atoms with E-state index < -0.39 is 6.09 Å². The number of nitrogens with zero attached hydrogens (tertiary/aromatic N) is 5. The van der Waals surface area contributed by atoms with Gasteiger partial charge in [-0.3, -0.25) is 9.69 Å². The standard InChI is InChI=1S/C28H32N6O4/c1-21-3-2-4-26(30-21)33-11-13-34(14-12-33)28(36)38-24-9-10-25(29-19-24)31-27(35)23-7-5-22(6-8-23)20-32-15-17-37-18-16-32/h2-10,19H,11-18,20H2,1H3,(H,29,31,35). The van der Waals surface area contributed by atoms with Crippen molar-refractivity contribution < 1.29 is 19.1 Å². The Hall–Kier alpha value is -4.02. The number of hydrogen-bond donors (Lipinski definition) is 1. The second kappa shape index (κ2) is 12.0. The average Bonchev–Trinajstić information content (AvgIpc) is 2.95. The van der Waals surface area contributed by atoms with Gasteiger partial charge in [-0.05, 0) is 48.9 Å². The van der Waals surface area contributed by atoms with E-state index in [1.165, 1.54) is 6.20 Å². The van der Waals surface area contributed by atoms with Gasteiger partial charge in [-0.2, -0.15) is 0 Å². The zero-order chi connectivity index (χ0) is 26.3. The van der Waals surface area contributed by atoms with E-state index in [2.05, 4.69) is 25.1 Å². The SMILES string of the molecule is Cc1cccc(N2CCN(C(=O)Oc3ccc(NC(=O)c4ccc(CN5CCOCC5)cc4)nc3)CC2)n1. The fourth-order valence-corrected chi connectivity index (χ4v) is 4.47. The minimum atomic E-state index is -0.419. The van der Waals surface area contributed by atoms with Crippen LogP contribution in [0.3, 0.4) is 0 Å². The number of carbonyl (C=O) groups excluding carboxylic acids is 2. The molecule has 198 valence electrons. The van der Waals surface area contributed by atoms with Crippen LogP contribution in [-0.2, 0) is 11.3 Å². The second-order valence-electron chi connectivity index (χ2n) is 9.40. The predicted molar refractivity (Wildman–Crippen MR) is 144 cm³/mol. The van der Waals surface area contributed by atoms with Crippen molar-refractivity contribution in [3.05, 3.63) is 77.6 Å². The number of rotatable bonds is 6. The first-order chi connectivity index (χ1) is 18.5. The lowest BCUT2D eigenvalue weighted by Gasteiger charge is -2.34. The zero-order valence-electron chi connectivity index (χ0n) is 21.5. The highest BCUT2D eigenvalue weighted by Crippen LogP contribution is 2.18. The average molecular weight is 517 g/mol. The van der Waals surface area contributed by atoms with Crippen LogP contribution in [0.5, 0.6) is 5.75 Å². The maximum atomic E-state index is 12.7. The molecule has 10 heteroatoms. The summed E-state index contributed by atoms with van der Waals surface area (Å²) >= 11 is 0. The minimum absolute atomic E-state index is 0.249. The summed E-state index contributed by atoms with van der Waals surface area (Å²) in [4.78, 5) is 40.2. The molecule has 1 N–H and O–H groups in total. The number of hydrogen-bond acceptors (Lipinski definition) is 8. The number of benzene rings is 1. The second-order valence-corrected chi connectivity index (χ2v) is 9.40. The first-order valence-corrected chi connectivity index (χ1v) is 12.9. The predicted octanol–water partition coefficient (Wildman–Crippen LogP) is 3.19. The first-order valence-electron chi connectivity index (χ1n) is 12.9. The van der Waals surface area contributed by atoms with Gasteiger partial charge in [0.05, 0.1) is 19.4 Å². The van der Waals surface area contributed by atoms with Crippen LogP contribution in [0.15, 0.2) is 60.8 Å². The molecule has 2 saturated heterocycles. The summed E-state index contributed by atoms with van der Waals surface area (Å²) in [7, 11) is 0. The van der Waals surface area contributed by atoms with Crippen molar-refractivity contribution in [3.63, 3.8) is 0 Å². The summed E-state index contributed by atoms with van der Waals surface area (Å²) in [5, 5.41) is 2.79. The maximum absolute atomic E-state index is 12.7. The molecular formula is C28H32N6O4. The number of anilines is 2. The molecule has 2 aliphatic rings. The molecule has 0 saturated carbocycles. The van der Waals surface area contributed by atoms with Crippen LogP contribution in [0.25, 0.3) is 0 Å². The summed E-state index contributed by atoms with van der Waals surface area (Å²) in [5.74, 6) is 1.37. The van der Waals surface area contributed by atoms with Crippen molar-refractivity contribution in [2.45, 2.75) is 13.5 Å². The van der Waals surface area contributed by atoms with Crippen molar-refractivity contribution >= 4 is 23.6 Å². The molecule has 38 heavy (non-hydrogen) atoms. The minimum Gasteiger partial charge on any atom is -0.409 e. The van der Waals surface area contributed by atoms with Crippen molar-refractivity contribution in [3.8, 4) is 5.75 Å². The smallest absolute Gasteiger partial charge is 0.409 e. The fourth-order valence-electron chi connectivity index (χ4n) is 4.47. The van der Waals surface area contributed by atoms with E-state index in [1.54, 1.807) is 17.0 Å². The molecule has 1 aromatic carbocycles. The number of ether oxygens (including phenoxy) is 2. The number of carbonyl (C=O) groups is 2. The molecule has 4 heterocycles. The first kappa shape index (κ1) is 25.6. The van der Waals surface area contributed by atoms with Crippen LogP contribution in [0.1, 0.15) is 21.6 Å². The fraction of sp³-hybridized carbons (Fsp3) is 0.357. The lowest BCUT2D eigenvalue weighted by molar-refractivity contribution is 0.0342. The van der Waals surface area contributed by atoms with Crippen LogP contribution in [0.4, 0.5) is 16.4 Å². The van der Waals surface area contributed by atoms with E-state index in [0.29, 0.717) is 43.3 Å². The Morgan fingerprint density at radius 3 is 2.39 bits per heavy atom. The molecule has 3 aromatic rings. The van der Waals surface area contributed by atoms with Gasteiger partial charge in [-0.1, -0.05) is 18.2 Å². The molecule has 5 rings (SSSR count). The largest absolute Gasteiger partial charge is 0.415 e. The highest BCUT2D eigenvalue weighted by atomic mass is 16.6. The van der Waals surface area contributed by atoms with Gasteiger partial charge in [0.15, 0.2) is 5.75 Å². The highest BCUT2D eigenvalue weighted by molar-refractivity contribution is 6.03. The van der Waals surface area contributed by atoms with Crippen molar-refractivity contribution in [2.24, 2.45) is 0 Å². The summed E-state index contributed by atoms with van der Waals surface area (Å²) in [6.07, 6.45) is 1.02. The molecule has 2 aliphatic heterocycles. The third kappa shape index (κ3) is 6.64. The maximum Gasteiger partial charge on any atom is 0.415 e. The Bertz CT molecular complexity index is 1240. The van der Waals surface area contributed by atoms with E-state index in [9.17, 15) is 9.59 Å². The van der Waals surface area contributed by atoms with Gasteiger partial charge in [0.25, 0.3) is 5.91 Å². The quantitative estimate of drug-likeness (QED) is 0.533. The monoisotopic (exact) mass is 516 g/mol. The van der Waals surface area contributed by atoms with E-state index in [0.717, 1.165) is 49.9 Å². The molecule has 10 nitrogen and oxygen atoms in total. The van der Waals surface area contributed by atoms with Gasteiger partial charge in [0, 0.05) is 57.1 Å². The number of aromatic nitrogens is 2. The summed E-state index contributed by atoms with van der Waals surface area (Å²) in [5.41, 5.74) is 2.67. The van der Waals surface area contributed by atoms with E-state index >= 15 is 0 Å². The molecule has 0 aliphatic carbocycles. The number of amides is 2. The molecule has 2 fully saturated rings. The Balaban J connectivity index is 1.08. The Kier molecular flexibility index (Phi) is 8.10. The van der Waals surface area contributed by atoms with E-state index in [-0.39, 0.29) is 5.91 Å². The third-order valence-electron chi connectivity index (χ3n) is 6.64. The number of aryl methyl sites for hydroxylation is 1. The molecule has 0 unspecified atom stereocenters. The van der Waals surface area contributed by atoms with Gasteiger partial charge in [-0.15, -0.1) is 0 Å². The van der Waals surface area contributed by atoms with Crippen LogP contribution in [0, 0.1) is 6.92 Å². The van der Waals surface area contributed by atoms with Crippen molar-refractivity contribution in [1.29, 1.82) is 0 Å². The zero-order valence-corrected chi connectivity index (χ0v) is 21.5. The molecule has 0 radical (unpaired) electrons. The summed E-state index contributed by atoms with van der Waals surface area (Å²) < 4.78 is 10.9. The highest BCUT2D eigenvalue weighted by Gasteiger charge is 2.23. The van der Waals surface area contributed by atoms with E-state index in [4.69, 9.17) is 9.47 Å². The topological polar surface area (TPSA) is 100 Å². The van der Waals surface area contributed by atoms with Crippen LogP contribution < -0.4 is 15.0 Å². The summed E-state index contributed by atoms with van der Waals surface area (Å²) in [6.45, 7) is 8.61. The Morgan fingerprint density at radius 2 is 1.71 bits per heavy atom. The normalized spacial score (nSPS) is 16.2. The molecule has 2 aromatic heterocycles. The van der Waals surface area contributed by atoms with Crippen molar-refractivity contribution in [2.75, 3.05) is 62.7 Å². The molecule has 2 amide bonds. The number of nitrogens with one attached hydrogen (secondary N) is 1. The number of morpholine rings is 1. The lowest BCUT2D eigenvalue weighted by atomic mass is 10.1. The van der Waals surface area contributed by atoms with Gasteiger partial charge < -0.3 is 24.6 Å². The van der Waals surface area contributed by atoms with Gasteiger partial charge in [-0.25, -0.2) is 14.8 Å². The molecule has 0 atom stereocenters. The number of pyridine rings is 2. The van der Waals surface area contributed by atoms with Crippen LogP contribution in [-0.4, -0.2) is 84.3 Å². The van der Waals surface area contributed by atoms with Crippen LogP contribution in [0.2, 0.25) is 0 Å². The number of piperazine rings is 1. The Morgan fingerprint density at radius 1 is 0.947 bits per heavy atom. The van der Waals surface area contributed by atoms with Gasteiger partial charge >= 0.3 is 6.09 Å². The molecular weight excluding hydrogens is 484 g/mol. The lowest BCUT2D eigenvalue weighted by Crippen LogP contribution is -2.49. The molecule has 0 spiro atoms. The van der Waals surface area contributed by atoms with E-state index in [1.807, 2.05) is 49.4 Å². The Labute approximate surface area is 222 Å². The summed E-state index contributed by atoms with van der Waals surface area (Å²) in [6, 6.07) is 16.7. The van der Waals surface area contributed by atoms with Gasteiger partial charge in [0.1, 0.15) is 11.6 Å². The van der Waals surface area contributed by atoms with Crippen molar-refractivity contribution in [1.82, 2.24) is 19.8 Å². The third-order valence-corrected chi connectivity index (χ3v) is 6.64.